The van der Waals surface area contributed by atoms with Crippen LogP contribution in [0, 0.1) is 20.8 Å². The Morgan fingerprint density at radius 2 is 1.45 bits per heavy atom. The molecule has 0 aliphatic carbocycles. The predicted octanol–water partition coefficient (Wildman–Crippen LogP) is 5.73. The van der Waals surface area contributed by atoms with Crippen LogP contribution in [0.2, 0.25) is 0 Å². The van der Waals surface area contributed by atoms with E-state index in [9.17, 15) is 9.59 Å². The first-order chi connectivity index (χ1) is 15.5. The molecule has 0 bridgehead atoms. The van der Waals surface area contributed by atoms with E-state index in [0.717, 1.165) is 45.6 Å². The second-order valence-electron chi connectivity index (χ2n) is 9.40. The number of aromatic amines is 2. The highest BCUT2D eigenvalue weighted by Gasteiger charge is 2.25. The summed E-state index contributed by atoms with van der Waals surface area (Å²) in [5.74, 6) is -0.726. The van der Waals surface area contributed by atoms with E-state index >= 15 is 0 Å². The van der Waals surface area contributed by atoms with Gasteiger partial charge in [0.1, 0.15) is 23.6 Å². The SMILES string of the molecule is CCc1c(C(=O)OC(C)(C)C)[nH]c(Cc2[nH]c(C(=O)OCc3ccccc3)c(C)c2C)c1C. The molecule has 0 aliphatic heterocycles. The zero-order chi connectivity index (χ0) is 24.3. The summed E-state index contributed by atoms with van der Waals surface area (Å²) in [4.78, 5) is 32.0. The molecule has 2 heterocycles. The van der Waals surface area contributed by atoms with E-state index in [1.807, 2.05) is 78.8 Å². The summed E-state index contributed by atoms with van der Waals surface area (Å²) in [5, 5.41) is 0. The van der Waals surface area contributed by atoms with Gasteiger partial charge in [0.2, 0.25) is 0 Å². The third-order valence-electron chi connectivity index (χ3n) is 5.88. The molecule has 0 aliphatic rings. The van der Waals surface area contributed by atoms with E-state index in [-0.39, 0.29) is 18.5 Å². The highest BCUT2D eigenvalue weighted by atomic mass is 16.6. The van der Waals surface area contributed by atoms with Crippen molar-refractivity contribution in [3.63, 3.8) is 0 Å². The van der Waals surface area contributed by atoms with Gasteiger partial charge < -0.3 is 19.4 Å². The van der Waals surface area contributed by atoms with Crippen molar-refractivity contribution >= 4 is 11.9 Å². The van der Waals surface area contributed by atoms with Gasteiger partial charge in [0.15, 0.2) is 0 Å². The number of hydrogen-bond acceptors (Lipinski definition) is 4. The van der Waals surface area contributed by atoms with Gasteiger partial charge in [-0.15, -0.1) is 0 Å². The molecule has 2 N–H and O–H groups in total. The maximum absolute atomic E-state index is 12.7. The highest BCUT2D eigenvalue weighted by Crippen LogP contribution is 2.26. The number of benzene rings is 1. The zero-order valence-electron chi connectivity index (χ0n) is 20.6. The standard InChI is InChI=1S/C27H34N2O4/c1-8-20-18(4)22(29-24(20)26(31)33-27(5,6)7)14-21-16(2)17(3)23(28-21)25(30)32-15-19-12-10-9-11-13-19/h9-13,28-29H,8,14-15H2,1-7H3. The quantitative estimate of drug-likeness (QED) is 0.450. The van der Waals surface area contributed by atoms with Gasteiger partial charge in [-0.1, -0.05) is 37.3 Å². The summed E-state index contributed by atoms with van der Waals surface area (Å²) in [5.41, 5.74) is 7.07. The van der Waals surface area contributed by atoms with E-state index in [1.54, 1.807) is 0 Å². The number of ether oxygens (including phenoxy) is 2. The van der Waals surface area contributed by atoms with Crippen molar-refractivity contribution in [3.05, 3.63) is 80.9 Å². The summed E-state index contributed by atoms with van der Waals surface area (Å²) in [6, 6.07) is 9.61. The number of hydrogen-bond donors (Lipinski definition) is 2. The molecule has 176 valence electrons. The number of H-pyrrole nitrogens is 2. The third kappa shape index (κ3) is 5.56. The molecular weight excluding hydrogens is 416 g/mol. The minimum atomic E-state index is -0.566. The van der Waals surface area contributed by atoms with Crippen LogP contribution in [0.4, 0.5) is 0 Å². The van der Waals surface area contributed by atoms with E-state index in [2.05, 4.69) is 9.97 Å². The Morgan fingerprint density at radius 3 is 2.06 bits per heavy atom. The molecule has 0 fully saturated rings. The molecule has 0 saturated carbocycles. The number of aromatic nitrogens is 2. The smallest absolute Gasteiger partial charge is 0.355 e. The van der Waals surface area contributed by atoms with E-state index in [1.165, 1.54) is 0 Å². The van der Waals surface area contributed by atoms with Crippen LogP contribution in [0.5, 0.6) is 0 Å². The monoisotopic (exact) mass is 450 g/mol. The van der Waals surface area contributed by atoms with Gasteiger partial charge in [-0.05, 0) is 75.8 Å². The lowest BCUT2D eigenvalue weighted by atomic mass is 10.0. The van der Waals surface area contributed by atoms with Crippen LogP contribution in [-0.2, 0) is 28.9 Å². The molecule has 6 nitrogen and oxygen atoms in total. The van der Waals surface area contributed by atoms with Crippen molar-refractivity contribution in [2.24, 2.45) is 0 Å². The molecule has 1 aromatic carbocycles. The molecular formula is C27H34N2O4. The summed E-state index contributed by atoms with van der Waals surface area (Å²) in [6.45, 7) is 13.7. The normalized spacial score (nSPS) is 11.5. The molecule has 33 heavy (non-hydrogen) atoms. The first kappa shape index (κ1) is 24.4. The number of carbonyl (C=O) groups is 2. The van der Waals surface area contributed by atoms with Gasteiger partial charge in [0.05, 0.1) is 0 Å². The van der Waals surface area contributed by atoms with Crippen LogP contribution in [0.3, 0.4) is 0 Å². The molecule has 0 radical (unpaired) electrons. The van der Waals surface area contributed by atoms with Gasteiger partial charge in [-0.2, -0.15) is 0 Å². The average Bonchev–Trinajstić information content (AvgIpc) is 3.23. The highest BCUT2D eigenvalue weighted by molar-refractivity contribution is 5.91. The van der Waals surface area contributed by atoms with Crippen LogP contribution >= 0.6 is 0 Å². The van der Waals surface area contributed by atoms with Gasteiger partial charge in [-0.3, -0.25) is 0 Å². The number of carbonyl (C=O) groups excluding carboxylic acids is 2. The second-order valence-corrected chi connectivity index (χ2v) is 9.40. The predicted molar refractivity (Wildman–Crippen MR) is 129 cm³/mol. The molecule has 2 aromatic heterocycles. The molecule has 6 heteroatoms. The van der Waals surface area contributed by atoms with Gasteiger partial charge >= 0.3 is 11.9 Å². The Labute approximate surface area is 195 Å². The molecule has 0 atom stereocenters. The fourth-order valence-corrected chi connectivity index (χ4v) is 3.92. The molecule has 0 amide bonds. The Bertz CT molecular complexity index is 1150. The Balaban J connectivity index is 1.82. The Kier molecular flexibility index (Phi) is 7.15. The van der Waals surface area contributed by atoms with Gasteiger partial charge in [-0.25, -0.2) is 9.59 Å². The van der Waals surface area contributed by atoms with Crippen LogP contribution in [0.25, 0.3) is 0 Å². The third-order valence-corrected chi connectivity index (χ3v) is 5.88. The molecule has 3 rings (SSSR count). The Morgan fingerprint density at radius 1 is 0.848 bits per heavy atom. The molecule has 0 saturated heterocycles. The fourth-order valence-electron chi connectivity index (χ4n) is 3.92. The molecule has 0 spiro atoms. The van der Waals surface area contributed by atoms with E-state index in [0.29, 0.717) is 17.8 Å². The minimum Gasteiger partial charge on any atom is -0.456 e. The largest absolute Gasteiger partial charge is 0.456 e. The summed E-state index contributed by atoms with van der Waals surface area (Å²) in [6.07, 6.45) is 1.26. The lowest BCUT2D eigenvalue weighted by Crippen LogP contribution is -2.24. The number of rotatable bonds is 7. The van der Waals surface area contributed by atoms with Crippen molar-refractivity contribution in [1.82, 2.24) is 9.97 Å². The molecule has 0 unspecified atom stereocenters. The van der Waals surface area contributed by atoms with Gasteiger partial charge in [0, 0.05) is 17.8 Å². The fraction of sp³-hybridized carbons (Fsp3) is 0.407. The topological polar surface area (TPSA) is 84.2 Å². The van der Waals surface area contributed by atoms with Crippen molar-refractivity contribution in [1.29, 1.82) is 0 Å². The van der Waals surface area contributed by atoms with E-state index in [4.69, 9.17) is 9.47 Å². The van der Waals surface area contributed by atoms with Crippen LogP contribution in [-0.4, -0.2) is 27.5 Å². The number of esters is 2. The minimum absolute atomic E-state index is 0.224. The molecule has 3 aromatic rings. The number of nitrogens with one attached hydrogen (secondary N) is 2. The zero-order valence-corrected chi connectivity index (χ0v) is 20.6. The average molecular weight is 451 g/mol. The van der Waals surface area contributed by atoms with Gasteiger partial charge in [0.25, 0.3) is 0 Å². The van der Waals surface area contributed by atoms with Crippen LogP contribution in [0.15, 0.2) is 30.3 Å². The van der Waals surface area contributed by atoms with Crippen LogP contribution in [0.1, 0.15) is 87.9 Å². The lowest BCUT2D eigenvalue weighted by molar-refractivity contribution is 0.00619. The maximum Gasteiger partial charge on any atom is 0.355 e. The van der Waals surface area contributed by atoms with E-state index < -0.39 is 5.60 Å². The summed E-state index contributed by atoms with van der Waals surface area (Å²) < 4.78 is 11.1. The first-order valence-electron chi connectivity index (χ1n) is 11.3. The van der Waals surface area contributed by atoms with Crippen molar-refractivity contribution in [2.75, 3.05) is 0 Å². The first-order valence-corrected chi connectivity index (χ1v) is 11.3. The second kappa shape index (κ2) is 9.69. The lowest BCUT2D eigenvalue weighted by Gasteiger charge is -2.19. The van der Waals surface area contributed by atoms with Crippen LogP contribution < -0.4 is 0 Å². The summed E-state index contributed by atoms with van der Waals surface area (Å²) >= 11 is 0. The Hall–Kier alpha value is -3.28. The summed E-state index contributed by atoms with van der Waals surface area (Å²) in [7, 11) is 0. The van der Waals surface area contributed by atoms with Crippen molar-refractivity contribution < 1.29 is 19.1 Å². The van der Waals surface area contributed by atoms with Crippen molar-refractivity contribution in [3.8, 4) is 0 Å². The van der Waals surface area contributed by atoms with Crippen molar-refractivity contribution in [2.45, 2.75) is 73.5 Å². The maximum atomic E-state index is 12.7.